The van der Waals surface area contributed by atoms with Gasteiger partial charge in [-0.05, 0) is 18.4 Å². The van der Waals surface area contributed by atoms with E-state index >= 15 is 0 Å². The summed E-state index contributed by atoms with van der Waals surface area (Å²) >= 11 is 4.57. The Labute approximate surface area is 121 Å². The Morgan fingerprint density at radius 3 is 3.00 bits per heavy atom. The van der Waals surface area contributed by atoms with Crippen LogP contribution in [0.25, 0.3) is 11.5 Å². The van der Waals surface area contributed by atoms with E-state index in [9.17, 15) is 0 Å². The number of anilines is 1. The fourth-order valence-corrected chi connectivity index (χ4v) is 3.75. The molecular weight excluding hydrogens is 300 g/mol. The normalized spacial score (nSPS) is 11.0. The number of nitrogens with zero attached hydrogens (tertiary/aromatic N) is 3. The van der Waals surface area contributed by atoms with Gasteiger partial charge in [-0.2, -0.15) is 11.3 Å². The van der Waals surface area contributed by atoms with Crippen LogP contribution in [0.1, 0.15) is 11.5 Å². The molecule has 0 aromatic carbocycles. The lowest BCUT2D eigenvalue weighted by Gasteiger charge is -1.92. The predicted octanol–water partition coefficient (Wildman–Crippen LogP) is 3.44. The number of hydrogen-bond acceptors (Lipinski definition) is 8. The van der Waals surface area contributed by atoms with Crippen LogP contribution in [0.3, 0.4) is 0 Å². The maximum Gasteiger partial charge on any atom is 0.227 e. The molecule has 0 radical (unpaired) electrons. The fraction of sp³-hybridized carbons (Fsp3) is 0.182. The van der Waals surface area contributed by atoms with Crippen LogP contribution >= 0.6 is 34.4 Å². The largest absolute Gasteiger partial charge is 0.441 e. The van der Waals surface area contributed by atoms with Gasteiger partial charge in [-0.1, -0.05) is 23.1 Å². The first-order valence-electron chi connectivity index (χ1n) is 5.43. The first-order chi connectivity index (χ1) is 9.22. The smallest absolute Gasteiger partial charge is 0.227 e. The van der Waals surface area contributed by atoms with E-state index in [2.05, 4.69) is 15.2 Å². The standard InChI is InChI=1S/C11H10N4OS3/c1-6-8(5-18-11-15-14-10(12)19-11)13-9(16-6)7-2-3-17-4-7/h2-4H,5H2,1H3,(H2,12,14). The van der Waals surface area contributed by atoms with Crippen LogP contribution in [-0.2, 0) is 5.75 Å². The highest BCUT2D eigenvalue weighted by atomic mass is 32.2. The van der Waals surface area contributed by atoms with E-state index in [0.29, 0.717) is 16.8 Å². The lowest BCUT2D eigenvalue weighted by atomic mass is 10.3. The summed E-state index contributed by atoms with van der Waals surface area (Å²) in [6, 6.07) is 2.00. The molecular formula is C11H10N4OS3. The van der Waals surface area contributed by atoms with Gasteiger partial charge in [0.05, 0.1) is 5.69 Å². The lowest BCUT2D eigenvalue weighted by Crippen LogP contribution is -1.84. The predicted molar refractivity (Wildman–Crippen MR) is 78.4 cm³/mol. The number of oxazole rings is 1. The molecule has 3 aromatic rings. The molecule has 5 nitrogen and oxygen atoms in total. The number of thiophene rings is 1. The van der Waals surface area contributed by atoms with Crippen LogP contribution in [-0.4, -0.2) is 15.2 Å². The summed E-state index contributed by atoms with van der Waals surface area (Å²) in [6.45, 7) is 1.92. The molecule has 0 aliphatic rings. The third-order valence-corrected chi connectivity index (χ3v) is 5.00. The van der Waals surface area contributed by atoms with Gasteiger partial charge >= 0.3 is 0 Å². The summed E-state index contributed by atoms with van der Waals surface area (Å²) in [5, 5.41) is 12.3. The average Bonchev–Trinajstić information content (AvgIpc) is 3.07. The highest BCUT2D eigenvalue weighted by molar-refractivity contribution is 8.00. The van der Waals surface area contributed by atoms with Gasteiger partial charge in [0.1, 0.15) is 5.76 Å². The molecule has 0 spiro atoms. The fourth-order valence-electron chi connectivity index (χ4n) is 1.48. The molecule has 0 aliphatic carbocycles. The molecule has 8 heteroatoms. The van der Waals surface area contributed by atoms with Crippen LogP contribution < -0.4 is 5.73 Å². The second-order valence-electron chi connectivity index (χ2n) is 3.73. The molecule has 2 N–H and O–H groups in total. The minimum atomic E-state index is 0.485. The zero-order valence-electron chi connectivity index (χ0n) is 9.99. The molecule has 0 amide bonds. The van der Waals surface area contributed by atoms with Crippen LogP contribution in [0.2, 0.25) is 0 Å². The van der Waals surface area contributed by atoms with Gasteiger partial charge < -0.3 is 10.2 Å². The molecule has 0 atom stereocenters. The quantitative estimate of drug-likeness (QED) is 0.744. The summed E-state index contributed by atoms with van der Waals surface area (Å²) in [6.07, 6.45) is 0. The maximum atomic E-state index is 5.68. The lowest BCUT2D eigenvalue weighted by molar-refractivity contribution is 0.541. The van der Waals surface area contributed by atoms with Gasteiger partial charge in [0, 0.05) is 16.7 Å². The summed E-state index contributed by atoms with van der Waals surface area (Å²) < 4.78 is 6.52. The summed E-state index contributed by atoms with van der Waals surface area (Å²) in [4.78, 5) is 4.52. The van der Waals surface area contributed by atoms with Crippen molar-refractivity contribution in [3.8, 4) is 11.5 Å². The Hall–Kier alpha value is -1.38. The number of aromatic nitrogens is 3. The SMILES string of the molecule is Cc1oc(-c2ccsc2)nc1CSc1nnc(N)s1. The van der Waals surface area contributed by atoms with Crippen molar-refractivity contribution >= 4 is 39.6 Å². The van der Waals surface area contributed by atoms with Crippen LogP contribution in [0.4, 0.5) is 5.13 Å². The van der Waals surface area contributed by atoms with Gasteiger partial charge in [0.15, 0.2) is 4.34 Å². The van der Waals surface area contributed by atoms with Gasteiger partial charge in [-0.25, -0.2) is 4.98 Å². The number of hydrogen-bond donors (Lipinski definition) is 1. The molecule has 3 aromatic heterocycles. The van der Waals surface area contributed by atoms with Gasteiger partial charge in [-0.3, -0.25) is 0 Å². The molecule has 0 fully saturated rings. The van der Waals surface area contributed by atoms with E-state index in [4.69, 9.17) is 10.2 Å². The first kappa shape index (κ1) is 12.6. The summed E-state index contributed by atoms with van der Waals surface area (Å²) in [5.74, 6) is 2.21. The molecule has 19 heavy (non-hydrogen) atoms. The number of aryl methyl sites for hydroxylation is 1. The second kappa shape index (κ2) is 5.32. The molecule has 0 bridgehead atoms. The van der Waals surface area contributed by atoms with E-state index in [0.717, 1.165) is 21.4 Å². The van der Waals surface area contributed by atoms with Crippen molar-refractivity contribution in [3.05, 3.63) is 28.3 Å². The third kappa shape index (κ3) is 2.80. The van der Waals surface area contributed by atoms with Crippen molar-refractivity contribution in [1.29, 1.82) is 0 Å². The number of nitrogen functional groups attached to an aromatic ring is 1. The zero-order chi connectivity index (χ0) is 13.2. The van der Waals surface area contributed by atoms with Crippen molar-refractivity contribution in [2.24, 2.45) is 0 Å². The molecule has 0 saturated carbocycles. The molecule has 3 rings (SSSR count). The number of thioether (sulfide) groups is 1. The summed E-state index contributed by atoms with van der Waals surface area (Å²) in [7, 11) is 0. The Kier molecular flexibility index (Phi) is 3.54. The average molecular weight is 310 g/mol. The minimum Gasteiger partial charge on any atom is -0.441 e. The van der Waals surface area contributed by atoms with E-state index in [-0.39, 0.29) is 0 Å². The Balaban J connectivity index is 1.75. The van der Waals surface area contributed by atoms with Crippen molar-refractivity contribution < 1.29 is 4.42 Å². The van der Waals surface area contributed by atoms with Crippen molar-refractivity contribution in [2.45, 2.75) is 17.0 Å². The Morgan fingerprint density at radius 2 is 2.32 bits per heavy atom. The van der Waals surface area contributed by atoms with Crippen LogP contribution in [0.5, 0.6) is 0 Å². The summed E-state index contributed by atoms with van der Waals surface area (Å²) in [5.41, 5.74) is 7.49. The van der Waals surface area contributed by atoms with Gasteiger partial charge in [0.2, 0.25) is 11.0 Å². The third-order valence-electron chi connectivity index (χ3n) is 2.42. The van der Waals surface area contributed by atoms with Crippen LogP contribution in [0.15, 0.2) is 25.6 Å². The van der Waals surface area contributed by atoms with Crippen LogP contribution in [0, 0.1) is 6.92 Å². The Bertz CT molecular complexity index is 674. The van der Waals surface area contributed by atoms with Crippen molar-refractivity contribution in [1.82, 2.24) is 15.2 Å². The van der Waals surface area contributed by atoms with Crippen molar-refractivity contribution in [3.63, 3.8) is 0 Å². The van der Waals surface area contributed by atoms with E-state index < -0.39 is 0 Å². The number of nitrogens with two attached hydrogens (primary N) is 1. The van der Waals surface area contributed by atoms with E-state index in [1.54, 1.807) is 23.1 Å². The van der Waals surface area contributed by atoms with Gasteiger partial charge in [0.25, 0.3) is 0 Å². The Morgan fingerprint density at radius 1 is 1.42 bits per heavy atom. The molecule has 0 aliphatic heterocycles. The zero-order valence-corrected chi connectivity index (χ0v) is 12.4. The molecule has 0 saturated heterocycles. The topological polar surface area (TPSA) is 77.8 Å². The molecule has 0 unspecified atom stereocenters. The van der Waals surface area contributed by atoms with Gasteiger partial charge in [-0.15, -0.1) is 10.2 Å². The molecule has 98 valence electrons. The van der Waals surface area contributed by atoms with Crippen molar-refractivity contribution in [2.75, 3.05) is 5.73 Å². The van der Waals surface area contributed by atoms with E-state index in [1.165, 1.54) is 11.3 Å². The highest BCUT2D eigenvalue weighted by Gasteiger charge is 2.13. The molecule has 3 heterocycles. The maximum absolute atomic E-state index is 5.68. The first-order valence-corrected chi connectivity index (χ1v) is 8.17. The second-order valence-corrected chi connectivity index (χ2v) is 6.74. The van der Waals surface area contributed by atoms with E-state index in [1.807, 2.05) is 23.8 Å². The monoisotopic (exact) mass is 310 g/mol. The number of rotatable bonds is 4. The highest BCUT2D eigenvalue weighted by Crippen LogP contribution is 2.30. The minimum absolute atomic E-state index is 0.485.